The van der Waals surface area contributed by atoms with Gasteiger partial charge in [0.1, 0.15) is 5.75 Å². The van der Waals surface area contributed by atoms with Crippen LogP contribution in [0.4, 0.5) is 0 Å². The Bertz CT molecular complexity index is 469. The van der Waals surface area contributed by atoms with Crippen LogP contribution in [0.5, 0.6) is 5.75 Å². The van der Waals surface area contributed by atoms with E-state index < -0.39 is 0 Å². The molecule has 0 spiro atoms. The first-order valence-electron chi connectivity index (χ1n) is 7.60. The highest BCUT2D eigenvalue weighted by molar-refractivity contribution is 5.79. The van der Waals surface area contributed by atoms with E-state index in [-0.39, 0.29) is 6.10 Å². The highest BCUT2D eigenvalue weighted by Crippen LogP contribution is 2.23. The molecule has 0 aliphatic rings. The Morgan fingerprint density at radius 1 is 1.29 bits per heavy atom. The van der Waals surface area contributed by atoms with Gasteiger partial charge in [0.25, 0.3) is 0 Å². The van der Waals surface area contributed by atoms with Crippen LogP contribution in [0.1, 0.15) is 38.3 Å². The lowest BCUT2D eigenvalue weighted by Crippen LogP contribution is -2.34. The molecule has 0 fully saturated rings. The van der Waals surface area contributed by atoms with Gasteiger partial charge in [-0.15, -0.1) is 0 Å². The number of nitrogens with one attached hydrogen (secondary N) is 2. The highest BCUT2D eigenvalue weighted by Gasteiger charge is 2.11. The minimum atomic E-state index is 0.217. The van der Waals surface area contributed by atoms with Gasteiger partial charge in [-0.2, -0.15) is 0 Å². The molecule has 118 valence electrons. The molecule has 0 saturated carbocycles. The molecular weight excluding hydrogens is 262 g/mol. The number of hydrogen-bond acceptors (Lipinski definition) is 2. The summed E-state index contributed by atoms with van der Waals surface area (Å²) in [6.45, 7) is 9.35. The molecule has 0 aromatic heterocycles. The maximum absolute atomic E-state index is 6.14. The maximum Gasteiger partial charge on any atom is 0.190 e. The van der Waals surface area contributed by atoms with E-state index in [1.165, 1.54) is 5.56 Å². The van der Waals surface area contributed by atoms with Gasteiger partial charge in [-0.05, 0) is 37.8 Å². The quantitative estimate of drug-likeness (QED) is 0.625. The van der Waals surface area contributed by atoms with Gasteiger partial charge in [0, 0.05) is 26.2 Å². The molecule has 1 aromatic rings. The normalized spacial score (nSPS) is 13.2. The first kappa shape index (κ1) is 17.3. The number of ether oxygens (including phenoxy) is 1. The van der Waals surface area contributed by atoms with Crippen LogP contribution in [0.15, 0.2) is 23.2 Å². The molecule has 0 bridgehead atoms. The molecule has 0 radical (unpaired) electrons. The second kappa shape index (κ2) is 8.55. The van der Waals surface area contributed by atoms with Crippen molar-refractivity contribution in [3.8, 4) is 5.75 Å². The van der Waals surface area contributed by atoms with Gasteiger partial charge in [0.2, 0.25) is 0 Å². The van der Waals surface area contributed by atoms with E-state index in [1.807, 2.05) is 7.05 Å². The molecule has 1 unspecified atom stereocenters. The van der Waals surface area contributed by atoms with Crippen molar-refractivity contribution in [2.24, 2.45) is 10.9 Å². The molecule has 1 atom stereocenters. The van der Waals surface area contributed by atoms with E-state index in [1.54, 1.807) is 7.05 Å². The monoisotopic (exact) mass is 291 g/mol. The first-order chi connectivity index (χ1) is 9.96. The first-order valence-corrected chi connectivity index (χ1v) is 7.60. The minimum Gasteiger partial charge on any atom is -0.490 e. The smallest absolute Gasteiger partial charge is 0.190 e. The lowest BCUT2D eigenvalue weighted by molar-refractivity contribution is 0.191. The molecule has 21 heavy (non-hydrogen) atoms. The van der Waals surface area contributed by atoms with E-state index in [9.17, 15) is 0 Å². The van der Waals surface area contributed by atoms with Crippen molar-refractivity contribution in [2.45, 2.75) is 46.8 Å². The Morgan fingerprint density at radius 2 is 2.00 bits per heavy atom. The number of rotatable bonds is 6. The summed E-state index contributed by atoms with van der Waals surface area (Å²) < 4.78 is 6.14. The van der Waals surface area contributed by atoms with E-state index in [4.69, 9.17) is 4.74 Å². The molecule has 0 saturated heterocycles. The Kier molecular flexibility index (Phi) is 7.06. The maximum atomic E-state index is 6.14. The van der Waals surface area contributed by atoms with E-state index in [0.717, 1.165) is 23.7 Å². The van der Waals surface area contributed by atoms with Gasteiger partial charge < -0.3 is 15.4 Å². The van der Waals surface area contributed by atoms with Gasteiger partial charge in [-0.3, -0.25) is 4.99 Å². The van der Waals surface area contributed by atoms with Crippen molar-refractivity contribution >= 4 is 5.96 Å². The Balaban J connectivity index is 2.79. The number of aryl methyl sites for hydroxylation is 1. The molecule has 1 rings (SSSR count). The molecule has 0 aliphatic carbocycles. The third-order valence-electron chi connectivity index (χ3n) is 3.26. The van der Waals surface area contributed by atoms with Crippen molar-refractivity contribution < 1.29 is 4.74 Å². The lowest BCUT2D eigenvalue weighted by atomic mass is 10.1. The molecule has 0 heterocycles. The van der Waals surface area contributed by atoms with E-state index in [0.29, 0.717) is 12.5 Å². The van der Waals surface area contributed by atoms with Crippen LogP contribution in [0.25, 0.3) is 0 Å². The topological polar surface area (TPSA) is 45.7 Å². The minimum absolute atomic E-state index is 0.217. The largest absolute Gasteiger partial charge is 0.490 e. The summed E-state index contributed by atoms with van der Waals surface area (Å²) in [4.78, 5) is 4.12. The summed E-state index contributed by atoms with van der Waals surface area (Å²) in [6, 6.07) is 6.33. The zero-order valence-corrected chi connectivity index (χ0v) is 14.2. The average molecular weight is 291 g/mol. The fourth-order valence-corrected chi connectivity index (χ4v) is 2.30. The zero-order valence-electron chi connectivity index (χ0n) is 14.2. The van der Waals surface area contributed by atoms with Gasteiger partial charge in [-0.25, -0.2) is 0 Å². The third-order valence-corrected chi connectivity index (χ3v) is 3.26. The molecular formula is C17H29N3O. The SMILES string of the molecule is CN=C(NC)NCc1ccc(C)cc1OC(C)CC(C)C. The van der Waals surface area contributed by atoms with Crippen molar-refractivity contribution in [1.29, 1.82) is 0 Å². The Hall–Kier alpha value is -1.71. The number of benzene rings is 1. The van der Waals surface area contributed by atoms with Crippen LogP contribution in [0, 0.1) is 12.8 Å². The molecule has 0 aliphatic heterocycles. The fraction of sp³-hybridized carbons (Fsp3) is 0.588. The number of hydrogen-bond donors (Lipinski definition) is 2. The van der Waals surface area contributed by atoms with Crippen molar-refractivity contribution in [3.63, 3.8) is 0 Å². The summed E-state index contributed by atoms with van der Waals surface area (Å²) >= 11 is 0. The summed E-state index contributed by atoms with van der Waals surface area (Å²) in [5.41, 5.74) is 2.36. The Morgan fingerprint density at radius 3 is 2.57 bits per heavy atom. The predicted molar refractivity (Wildman–Crippen MR) is 90.0 cm³/mol. The molecule has 4 heteroatoms. The summed E-state index contributed by atoms with van der Waals surface area (Å²) in [6.07, 6.45) is 1.27. The molecule has 4 nitrogen and oxygen atoms in total. The van der Waals surface area contributed by atoms with Crippen molar-refractivity contribution in [3.05, 3.63) is 29.3 Å². The second-order valence-electron chi connectivity index (χ2n) is 5.84. The number of nitrogens with zero attached hydrogens (tertiary/aromatic N) is 1. The van der Waals surface area contributed by atoms with E-state index >= 15 is 0 Å². The molecule has 2 N–H and O–H groups in total. The summed E-state index contributed by atoms with van der Waals surface area (Å²) in [7, 11) is 3.61. The van der Waals surface area contributed by atoms with Crippen LogP contribution in [-0.2, 0) is 6.54 Å². The van der Waals surface area contributed by atoms with Gasteiger partial charge in [0.05, 0.1) is 6.10 Å². The number of aliphatic imine (C=N–C) groups is 1. The highest BCUT2D eigenvalue weighted by atomic mass is 16.5. The van der Waals surface area contributed by atoms with Gasteiger partial charge in [0.15, 0.2) is 5.96 Å². The summed E-state index contributed by atoms with van der Waals surface area (Å²) in [5, 5.41) is 6.29. The standard InChI is InChI=1S/C17H29N3O/c1-12(2)9-14(4)21-16-10-13(3)7-8-15(16)11-20-17(18-5)19-6/h7-8,10,12,14H,9,11H2,1-6H3,(H2,18,19,20). The molecule has 0 amide bonds. The fourth-order valence-electron chi connectivity index (χ4n) is 2.30. The van der Waals surface area contributed by atoms with Crippen molar-refractivity contribution in [1.82, 2.24) is 10.6 Å². The predicted octanol–water partition coefficient (Wildman–Crippen LogP) is 3.10. The van der Waals surface area contributed by atoms with E-state index in [2.05, 4.69) is 61.5 Å². The Labute approximate surface area is 129 Å². The van der Waals surface area contributed by atoms with Crippen LogP contribution < -0.4 is 15.4 Å². The second-order valence-corrected chi connectivity index (χ2v) is 5.84. The average Bonchev–Trinajstić information content (AvgIpc) is 2.41. The third kappa shape index (κ3) is 6.06. The zero-order chi connectivity index (χ0) is 15.8. The lowest BCUT2D eigenvalue weighted by Gasteiger charge is -2.20. The van der Waals surface area contributed by atoms with Gasteiger partial charge in [-0.1, -0.05) is 26.0 Å². The van der Waals surface area contributed by atoms with Crippen LogP contribution >= 0.6 is 0 Å². The number of guanidine groups is 1. The molecule has 1 aromatic carbocycles. The van der Waals surface area contributed by atoms with Crippen LogP contribution in [0.3, 0.4) is 0 Å². The van der Waals surface area contributed by atoms with Crippen LogP contribution in [-0.4, -0.2) is 26.2 Å². The van der Waals surface area contributed by atoms with Crippen LogP contribution in [0.2, 0.25) is 0 Å². The van der Waals surface area contributed by atoms with Crippen molar-refractivity contribution in [2.75, 3.05) is 14.1 Å². The van der Waals surface area contributed by atoms with Gasteiger partial charge >= 0.3 is 0 Å². The summed E-state index contributed by atoms with van der Waals surface area (Å²) in [5.74, 6) is 2.37.